The van der Waals surface area contributed by atoms with Crippen LogP contribution in [-0.2, 0) is 22.7 Å². The fraction of sp³-hybridized carbons (Fsp3) is 0.417. The van der Waals surface area contributed by atoms with Crippen molar-refractivity contribution in [1.29, 1.82) is 0 Å². The van der Waals surface area contributed by atoms with Crippen molar-refractivity contribution in [2.45, 2.75) is 38.8 Å². The van der Waals surface area contributed by atoms with E-state index >= 15 is 0 Å². The van der Waals surface area contributed by atoms with Gasteiger partial charge in [0.25, 0.3) is 0 Å². The lowest BCUT2D eigenvalue weighted by Crippen LogP contribution is -2.37. The number of aliphatic imine (C=N–C) groups is 1. The van der Waals surface area contributed by atoms with E-state index in [2.05, 4.69) is 39.9 Å². The van der Waals surface area contributed by atoms with Gasteiger partial charge in [0.15, 0.2) is 5.96 Å². The number of benzene rings is 2. The molecule has 1 saturated heterocycles. The second kappa shape index (κ2) is 14.0. The third kappa shape index (κ3) is 8.49. The Kier molecular flexibility index (Phi) is 11.4. The maximum atomic E-state index is 11.8. The Morgan fingerprint density at radius 1 is 1.03 bits per heavy atom. The summed E-state index contributed by atoms with van der Waals surface area (Å²) in [6, 6.07) is 18.4. The Balaban J connectivity index is 0.00000341. The molecular weight excluding hydrogens is 503 g/mol. The summed E-state index contributed by atoms with van der Waals surface area (Å²) in [6.45, 7) is 3.79. The molecule has 2 N–H and O–H groups in total. The van der Waals surface area contributed by atoms with Crippen molar-refractivity contribution in [2.75, 3.05) is 31.6 Å². The standard InChI is InChI=1S/C24H32N4O2.HI/c1-25-24(26-15-5-6-17-30-19-21-8-3-2-4-9-21)27-18-20-11-13-22(14-12-20)28-16-7-10-23(28)29;/h2-4,8-9,11-14H,5-7,10,15-19H2,1H3,(H2,25,26,27);1H. The number of carbonyl (C=O) groups excluding carboxylic acids is 1. The number of unbranched alkanes of at least 4 members (excludes halogenated alkanes) is 1. The van der Waals surface area contributed by atoms with Gasteiger partial charge in [-0.25, -0.2) is 0 Å². The van der Waals surface area contributed by atoms with Crippen LogP contribution in [0.1, 0.15) is 36.8 Å². The smallest absolute Gasteiger partial charge is 0.227 e. The third-order valence-corrected chi connectivity index (χ3v) is 5.12. The van der Waals surface area contributed by atoms with Crippen LogP contribution < -0.4 is 15.5 Å². The molecule has 168 valence electrons. The molecule has 7 heteroatoms. The van der Waals surface area contributed by atoms with Crippen LogP contribution in [0.5, 0.6) is 0 Å². The second-order valence-corrected chi connectivity index (χ2v) is 7.41. The highest BCUT2D eigenvalue weighted by Gasteiger charge is 2.21. The van der Waals surface area contributed by atoms with Gasteiger partial charge in [0.05, 0.1) is 6.61 Å². The fourth-order valence-electron chi connectivity index (χ4n) is 3.42. The summed E-state index contributed by atoms with van der Waals surface area (Å²) in [5.41, 5.74) is 3.35. The molecule has 0 aromatic heterocycles. The molecule has 0 aliphatic carbocycles. The summed E-state index contributed by atoms with van der Waals surface area (Å²) in [4.78, 5) is 18.0. The lowest BCUT2D eigenvalue weighted by Gasteiger charge is -2.16. The number of hydrogen-bond acceptors (Lipinski definition) is 3. The minimum Gasteiger partial charge on any atom is -0.377 e. The second-order valence-electron chi connectivity index (χ2n) is 7.41. The van der Waals surface area contributed by atoms with Crippen molar-refractivity contribution in [3.05, 3.63) is 65.7 Å². The van der Waals surface area contributed by atoms with Gasteiger partial charge in [-0.3, -0.25) is 9.79 Å². The van der Waals surface area contributed by atoms with Gasteiger partial charge in [0, 0.05) is 45.4 Å². The first-order valence-corrected chi connectivity index (χ1v) is 10.7. The summed E-state index contributed by atoms with van der Waals surface area (Å²) in [7, 11) is 1.78. The van der Waals surface area contributed by atoms with Gasteiger partial charge < -0.3 is 20.3 Å². The van der Waals surface area contributed by atoms with E-state index in [0.29, 0.717) is 19.6 Å². The highest BCUT2D eigenvalue weighted by atomic mass is 127. The molecule has 2 aromatic rings. The van der Waals surface area contributed by atoms with Crippen molar-refractivity contribution in [1.82, 2.24) is 10.6 Å². The van der Waals surface area contributed by atoms with Crippen LogP contribution in [0.15, 0.2) is 59.6 Å². The Hall–Kier alpha value is -2.13. The van der Waals surface area contributed by atoms with Gasteiger partial charge in [0.2, 0.25) is 5.91 Å². The van der Waals surface area contributed by atoms with E-state index in [1.165, 1.54) is 5.56 Å². The number of hydrogen-bond donors (Lipinski definition) is 2. The molecule has 0 bridgehead atoms. The molecule has 3 rings (SSSR count). The molecule has 1 fully saturated rings. The number of halogens is 1. The minimum atomic E-state index is 0. The Labute approximate surface area is 202 Å². The summed E-state index contributed by atoms with van der Waals surface area (Å²) in [6.07, 6.45) is 3.63. The van der Waals surface area contributed by atoms with E-state index < -0.39 is 0 Å². The third-order valence-electron chi connectivity index (χ3n) is 5.12. The first kappa shape index (κ1) is 25.1. The zero-order chi connectivity index (χ0) is 21.0. The minimum absolute atomic E-state index is 0. The highest BCUT2D eigenvalue weighted by molar-refractivity contribution is 14.0. The molecule has 6 nitrogen and oxygen atoms in total. The van der Waals surface area contributed by atoms with Crippen molar-refractivity contribution >= 4 is 41.5 Å². The van der Waals surface area contributed by atoms with Crippen LogP contribution in [0, 0.1) is 0 Å². The molecule has 31 heavy (non-hydrogen) atoms. The molecule has 2 aromatic carbocycles. The number of rotatable bonds is 10. The Morgan fingerprint density at radius 2 is 1.81 bits per heavy atom. The maximum Gasteiger partial charge on any atom is 0.227 e. The number of carbonyl (C=O) groups is 1. The Bertz CT molecular complexity index is 812. The zero-order valence-corrected chi connectivity index (χ0v) is 20.5. The quantitative estimate of drug-likeness (QED) is 0.208. The van der Waals surface area contributed by atoms with E-state index in [-0.39, 0.29) is 29.9 Å². The van der Waals surface area contributed by atoms with Gasteiger partial charge in [-0.1, -0.05) is 42.5 Å². The van der Waals surface area contributed by atoms with Crippen molar-refractivity contribution in [2.24, 2.45) is 4.99 Å². The molecule has 0 atom stereocenters. The van der Waals surface area contributed by atoms with Crippen molar-refractivity contribution < 1.29 is 9.53 Å². The van der Waals surface area contributed by atoms with Crippen LogP contribution in [0.2, 0.25) is 0 Å². The maximum absolute atomic E-state index is 11.8. The molecule has 0 radical (unpaired) electrons. The summed E-state index contributed by atoms with van der Waals surface area (Å²) < 4.78 is 5.71. The van der Waals surface area contributed by atoms with E-state index in [0.717, 1.165) is 56.2 Å². The summed E-state index contributed by atoms with van der Waals surface area (Å²) >= 11 is 0. The molecule has 1 aliphatic rings. The number of nitrogens with one attached hydrogen (secondary N) is 2. The van der Waals surface area contributed by atoms with Gasteiger partial charge >= 0.3 is 0 Å². The summed E-state index contributed by atoms with van der Waals surface area (Å²) in [5.74, 6) is 1.01. The average molecular weight is 536 g/mol. The molecule has 0 spiro atoms. The molecule has 0 saturated carbocycles. The Morgan fingerprint density at radius 3 is 2.48 bits per heavy atom. The highest BCUT2D eigenvalue weighted by Crippen LogP contribution is 2.21. The summed E-state index contributed by atoms with van der Waals surface area (Å²) in [5, 5.41) is 6.67. The SMILES string of the molecule is CN=C(NCCCCOCc1ccccc1)NCc1ccc(N2CCCC2=O)cc1.I. The largest absolute Gasteiger partial charge is 0.377 e. The van der Waals surface area contributed by atoms with Gasteiger partial charge in [0.1, 0.15) is 0 Å². The lowest BCUT2D eigenvalue weighted by molar-refractivity contribution is -0.117. The number of nitrogens with zero attached hydrogens (tertiary/aromatic N) is 2. The van der Waals surface area contributed by atoms with Gasteiger partial charge in [-0.2, -0.15) is 0 Å². The van der Waals surface area contributed by atoms with Crippen molar-refractivity contribution in [3.63, 3.8) is 0 Å². The van der Waals surface area contributed by atoms with E-state index in [4.69, 9.17) is 4.74 Å². The van der Waals surface area contributed by atoms with Crippen LogP contribution in [0.25, 0.3) is 0 Å². The molecule has 1 amide bonds. The fourth-order valence-corrected chi connectivity index (χ4v) is 3.42. The lowest BCUT2D eigenvalue weighted by atomic mass is 10.2. The monoisotopic (exact) mass is 536 g/mol. The average Bonchev–Trinajstić information content (AvgIpc) is 3.22. The predicted molar refractivity (Wildman–Crippen MR) is 137 cm³/mol. The normalized spacial score (nSPS) is 13.8. The first-order chi connectivity index (χ1) is 14.8. The van der Waals surface area contributed by atoms with Crippen LogP contribution >= 0.6 is 24.0 Å². The number of ether oxygens (including phenoxy) is 1. The van der Waals surface area contributed by atoms with Gasteiger partial charge in [-0.15, -0.1) is 24.0 Å². The number of anilines is 1. The van der Waals surface area contributed by atoms with Crippen LogP contribution in [0.4, 0.5) is 5.69 Å². The number of guanidine groups is 1. The first-order valence-electron chi connectivity index (χ1n) is 10.7. The molecular formula is C24H33IN4O2. The van der Waals surface area contributed by atoms with E-state index in [1.807, 2.05) is 35.2 Å². The van der Waals surface area contributed by atoms with Crippen molar-refractivity contribution in [3.8, 4) is 0 Å². The zero-order valence-electron chi connectivity index (χ0n) is 18.2. The predicted octanol–water partition coefficient (Wildman–Crippen LogP) is 4.09. The van der Waals surface area contributed by atoms with E-state index in [9.17, 15) is 4.79 Å². The topological polar surface area (TPSA) is 66.0 Å². The van der Waals surface area contributed by atoms with E-state index in [1.54, 1.807) is 7.05 Å². The van der Waals surface area contributed by atoms with Gasteiger partial charge in [-0.05, 0) is 42.5 Å². The van der Waals surface area contributed by atoms with Crippen LogP contribution in [-0.4, -0.2) is 38.6 Å². The van der Waals surface area contributed by atoms with Crippen LogP contribution in [0.3, 0.4) is 0 Å². The number of amides is 1. The molecule has 1 aliphatic heterocycles. The molecule has 0 unspecified atom stereocenters. The molecule has 1 heterocycles.